The van der Waals surface area contributed by atoms with E-state index >= 15 is 0 Å². The van der Waals surface area contributed by atoms with E-state index in [1.807, 2.05) is 31.2 Å². The number of aryl methyl sites for hydroxylation is 1. The summed E-state index contributed by atoms with van der Waals surface area (Å²) in [6.07, 6.45) is -0.317. The quantitative estimate of drug-likeness (QED) is 0.418. The van der Waals surface area contributed by atoms with Gasteiger partial charge in [0.25, 0.3) is 0 Å². The van der Waals surface area contributed by atoms with Gasteiger partial charge in [0.05, 0.1) is 5.56 Å². The molecule has 0 saturated carbocycles. The lowest BCUT2D eigenvalue weighted by molar-refractivity contribution is -0.116. The number of carbonyl (C=O) groups excluding carboxylic acids is 2. The van der Waals surface area contributed by atoms with Crippen molar-refractivity contribution in [3.05, 3.63) is 89.0 Å². The molecule has 2 amide bonds. The minimum absolute atomic E-state index is 0.00711. The number of carboxylic acids is 1. The maximum atomic E-state index is 12.4. The van der Waals surface area contributed by atoms with Crippen molar-refractivity contribution in [1.29, 1.82) is 0 Å². The Balaban J connectivity index is 1.24. The number of amides is 2. The second-order valence-electron chi connectivity index (χ2n) is 8.90. The molecule has 1 aliphatic carbocycles. The van der Waals surface area contributed by atoms with Crippen molar-refractivity contribution in [2.24, 2.45) is 5.92 Å². The molecule has 7 nitrogen and oxygen atoms in total. The molecule has 180 valence electrons. The lowest BCUT2D eigenvalue weighted by Gasteiger charge is -2.16. The predicted molar refractivity (Wildman–Crippen MR) is 134 cm³/mol. The molecule has 7 heteroatoms. The number of alkyl carbamates (subject to hydrolysis) is 1. The van der Waals surface area contributed by atoms with Gasteiger partial charge in [0.15, 0.2) is 0 Å². The van der Waals surface area contributed by atoms with E-state index in [4.69, 9.17) is 9.84 Å². The Morgan fingerprint density at radius 2 is 1.60 bits per heavy atom. The van der Waals surface area contributed by atoms with Crippen LogP contribution in [0.2, 0.25) is 0 Å². The molecule has 0 bridgehead atoms. The predicted octanol–water partition coefficient (Wildman–Crippen LogP) is 5.20. The Bertz CT molecular complexity index is 1220. The number of carbonyl (C=O) groups is 3. The zero-order valence-corrected chi connectivity index (χ0v) is 19.7. The second kappa shape index (κ2) is 10.4. The normalized spacial score (nSPS) is 12.9. The molecular formula is C28H28N2O5. The van der Waals surface area contributed by atoms with Crippen LogP contribution in [0.15, 0.2) is 66.7 Å². The van der Waals surface area contributed by atoms with E-state index in [0.29, 0.717) is 17.8 Å². The Morgan fingerprint density at radius 1 is 0.971 bits per heavy atom. The number of carboxylic acid groups (broad SMARTS) is 1. The van der Waals surface area contributed by atoms with Gasteiger partial charge in [0.1, 0.15) is 6.61 Å². The molecular weight excluding hydrogens is 444 g/mol. The van der Waals surface area contributed by atoms with Gasteiger partial charge in [-0.05, 0) is 58.9 Å². The number of rotatable bonds is 8. The van der Waals surface area contributed by atoms with E-state index in [9.17, 15) is 14.4 Å². The van der Waals surface area contributed by atoms with E-state index in [1.54, 1.807) is 19.1 Å². The fourth-order valence-electron chi connectivity index (χ4n) is 4.49. The highest BCUT2D eigenvalue weighted by Gasteiger charge is 2.29. The number of hydrogen-bond donors (Lipinski definition) is 3. The van der Waals surface area contributed by atoms with Crippen LogP contribution in [0.3, 0.4) is 0 Å². The number of aromatic carboxylic acids is 1. The third-order valence-corrected chi connectivity index (χ3v) is 6.21. The van der Waals surface area contributed by atoms with Gasteiger partial charge in [-0.2, -0.15) is 0 Å². The van der Waals surface area contributed by atoms with Crippen molar-refractivity contribution in [2.45, 2.75) is 26.2 Å². The Kier molecular flexibility index (Phi) is 7.15. The van der Waals surface area contributed by atoms with Crippen LogP contribution in [-0.4, -0.2) is 36.2 Å². The van der Waals surface area contributed by atoms with E-state index in [2.05, 4.69) is 34.9 Å². The van der Waals surface area contributed by atoms with Crippen molar-refractivity contribution >= 4 is 23.7 Å². The first kappa shape index (κ1) is 24.0. The average molecular weight is 473 g/mol. The van der Waals surface area contributed by atoms with E-state index in [1.165, 1.54) is 17.2 Å². The number of ether oxygens (including phenoxy) is 1. The molecule has 3 N–H and O–H groups in total. The second-order valence-corrected chi connectivity index (χ2v) is 8.90. The van der Waals surface area contributed by atoms with Gasteiger partial charge in [-0.15, -0.1) is 0 Å². The molecule has 3 aromatic carbocycles. The molecule has 1 aliphatic rings. The molecule has 0 spiro atoms. The molecule has 0 saturated heterocycles. The third kappa shape index (κ3) is 5.51. The monoisotopic (exact) mass is 472 g/mol. The Labute approximate surface area is 204 Å². The summed E-state index contributed by atoms with van der Waals surface area (Å²) in [6.45, 7) is 4.07. The minimum atomic E-state index is -1.01. The molecule has 0 aromatic heterocycles. The Morgan fingerprint density at radius 3 is 2.20 bits per heavy atom. The molecule has 0 fully saturated rings. The average Bonchev–Trinajstić information content (AvgIpc) is 3.15. The van der Waals surface area contributed by atoms with Gasteiger partial charge >= 0.3 is 12.1 Å². The van der Waals surface area contributed by atoms with Crippen LogP contribution in [0.25, 0.3) is 11.1 Å². The van der Waals surface area contributed by atoms with Gasteiger partial charge < -0.3 is 20.5 Å². The molecule has 3 aromatic rings. The molecule has 35 heavy (non-hydrogen) atoms. The van der Waals surface area contributed by atoms with Gasteiger partial charge in [0.2, 0.25) is 5.91 Å². The summed E-state index contributed by atoms with van der Waals surface area (Å²) < 4.78 is 5.54. The first-order valence-corrected chi connectivity index (χ1v) is 11.6. The molecule has 4 rings (SSSR count). The number of anilines is 1. The van der Waals surface area contributed by atoms with Crippen molar-refractivity contribution in [2.75, 3.05) is 18.5 Å². The van der Waals surface area contributed by atoms with Crippen LogP contribution < -0.4 is 10.6 Å². The molecule has 0 aliphatic heterocycles. The first-order chi connectivity index (χ1) is 16.8. The number of nitrogens with one attached hydrogen (secondary N) is 2. The largest absolute Gasteiger partial charge is 0.478 e. The van der Waals surface area contributed by atoms with Crippen molar-refractivity contribution < 1.29 is 24.2 Å². The van der Waals surface area contributed by atoms with Crippen molar-refractivity contribution in [3.63, 3.8) is 0 Å². The minimum Gasteiger partial charge on any atom is -0.478 e. The molecule has 0 radical (unpaired) electrons. The summed E-state index contributed by atoms with van der Waals surface area (Å²) in [4.78, 5) is 35.8. The van der Waals surface area contributed by atoms with Crippen LogP contribution >= 0.6 is 0 Å². The standard InChI is InChI=1S/C28H28N2O5/c1-17(13-26(31)30-19-11-12-20(27(32)33)18(2)14-19)15-29-28(34)35-16-25-23-9-5-3-7-21(23)22-8-4-6-10-24(22)25/h3-12,14,17,25H,13,15-16H2,1-2H3,(H,29,34)(H,30,31)(H,32,33). The zero-order valence-electron chi connectivity index (χ0n) is 19.7. The maximum Gasteiger partial charge on any atom is 0.407 e. The van der Waals surface area contributed by atoms with E-state index in [-0.39, 0.29) is 36.3 Å². The summed E-state index contributed by atoms with van der Waals surface area (Å²) in [7, 11) is 0. The van der Waals surface area contributed by atoms with Gasteiger partial charge in [-0.1, -0.05) is 55.5 Å². The summed E-state index contributed by atoms with van der Waals surface area (Å²) in [5.41, 5.74) is 5.95. The van der Waals surface area contributed by atoms with Gasteiger partial charge in [-0.3, -0.25) is 4.79 Å². The smallest absolute Gasteiger partial charge is 0.407 e. The summed E-state index contributed by atoms with van der Waals surface area (Å²) in [6, 6.07) is 21.0. The molecule has 1 atom stereocenters. The number of hydrogen-bond acceptors (Lipinski definition) is 4. The Hall–Kier alpha value is -4.13. The topological polar surface area (TPSA) is 105 Å². The van der Waals surface area contributed by atoms with Gasteiger partial charge in [0, 0.05) is 24.6 Å². The van der Waals surface area contributed by atoms with Crippen molar-refractivity contribution in [1.82, 2.24) is 5.32 Å². The van der Waals surface area contributed by atoms with Crippen molar-refractivity contribution in [3.8, 4) is 11.1 Å². The lowest BCUT2D eigenvalue weighted by atomic mass is 9.98. The van der Waals surface area contributed by atoms with Crippen LogP contribution in [0.4, 0.5) is 10.5 Å². The SMILES string of the molecule is Cc1cc(NC(=O)CC(C)CNC(=O)OCC2c3ccccc3-c3ccccc32)ccc1C(=O)O. The summed E-state index contributed by atoms with van der Waals surface area (Å²) in [5, 5.41) is 14.6. The van der Waals surface area contributed by atoms with Crippen LogP contribution in [-0.2, 0) is 9.53 Å². The number of benzene rings is 3. The van der Waals surface area contributed by atoms with Crippen LogP contribution in [0.1, 0.15) is 46.3 Å². The maximum absolute atomic E-state index is 12.4. The number of fused-ring (bicyclic) bond motifs is 3. The van der Waals surface area contributed by atoms with Crippen LogP contribution in [0.5, 0.6) is 0 Å². The van der Waals surface area contributed by atoms with E-state index in [0.717, 1.165) is 11.1 Å². The van der Waals surface area contributed by atoms with E-state index < -0.39 is 12.1 Å². The lowest BCUT2D eigenvalue weighted by Crippen LogP contribution is -2.31. The zero-order chi connectivity index (χ0) is 24.9. The molecule has 0 heterocycles. The third-order valence-electron chi connectivity index (χ3n) is 6.21. The summed E-state index contributed by atoms with van der Waals surface area (Å²) in [5.74, 6) is -1.34. The summed E-state index contributed by atoms with van der Waals surface area (Å²) >= 11 is 0. The first-order valence-electron chi connectivity index (χ1n) is 11.6. The van der Waals surface area contributed by atoms with Gasteiger partial charge in [-0.25, -0.2) is 9.59 Å². The molecule has 1 unspecified atom stereocenters. The fraction of sp³-hybridized carbons (Fsp3) is 0.250. The van der Waals surface area contributed by atoms with Crippen LogP contribution in [0, 0.1) is 12.8 Å². The highest BCUT2D eigenvalue weighted by molar-refractivity contribution is 5.93. The highest BCUT2D eigenvalue weighted by atomic mass is 16.5. The fourth-order valence-corrected chi connectivity index (χ4v) is 4.49. The highest BCUT2D eigenvalue weighted by Crippen LogP contribution is 2.44.